The number of aromatic carboxylic acids is 1. The monoisotopic (exact) mass is 450 g/mol. The smallest absolute Gasteiger partial charge is 0.335 e. The first-order chi connectivity index (χ1) is 15.6. The van der Waals surface area contributed by atoms with Crippen molar-refractivity contribution in [1.29, 1.82) is 0 Å². The second-order valence-corrected chi connectivity index (χ2v) is 9.60. The van der Waals surface area contributed by atoms with Crippen molar-refractivity contribution in [2.24, 2.45) is 5.41 Å². The Morgan fingerprint density at radius 1 is 0.970 bits per heavy atom. The third-order valence-electron chi connectivity index (χ3n) is 6.63. The van der Waals surface area contributed by atoms with Gasteiger partial charge in [-0.15, -0.1) is 0 Å². The molecule has 3 rings (SSSR count). The summed E-state index contributed by atoms with van der Waals surface area (Å²) in [6.07, 6.45) is 2.42. The molecule has 1 N–H and O–H groups in total. The van der Waals surface area contributed by atoms with Crippen LogP contribution < -0.4 is 4.74 Å². The lowest BCUT2D eigenvalue weighted by Crippen LogP contribution is -2.27. The molecule has 33 heavy (non-hydrogen) atoms. The van der Waals surface area contributed by atoms with Crippen molar-refractivity contribution < 1.29 is 23.8 Å². The lowest BCUT2D eigenvalue weighted by Gasteiger charge is -2.31. The largest absolute Gasteiger partial charge is 0.486 e. The van der Waals surface area contributed by atoms with Gasteiger partial charge in [-0.05, 0) is 60.7 Å². The van der Waals surface area contributed by atoms with Crippen LogP contribution in [-0.2, 0) is 16.6 Å². The summed E-state index contributed by atoms with van der Waals surface area (Å²) >= 11 is 0. The molecule has 0 aliphatic rings. The van der Waals surface area contributed by atoms with Crippen molar-refractivity contribution in [3.05, 3.63) is 64.9 Å². The molecule has 0 aliphatic carbocycles. The van der Waals surface area contributed by atoms with Crippen LogP contribution in [0.1, 0.15) is 81.6 Å². The maximum Gasteiger partial charge on any atom is 0.335 e. The van der Waals surface area contributed by atoms with Crippen molar-refractivity contribution in [2.75, 3.05) is 6.61 Å². The maximum atomic E-state index is 12.3. The van der Waals surface area contributed by atoms with Crippen molar-refractivity contribution in [3.8, 4) is 5.75 Å². The molecular formula is C28H34O5. The highest BCUT2D eigenvalue weighted by Crippen LogP contribution is 2.42. The molecule has 5 heteroatoms. The van der Waals surface area contributed by atoms with Gasteiger partial charge in [0.25, 0.3) is 0 Å². The van der Waals surface area contributed by atoms with Gasteiger partial charge in [0, 0.05) is 10.8 Å². The predicted octanol–water partition coefficient (Wildman–Crippen LogP) is 6.79. The fourth-order valence-corrected chi connectivity index (χ4v) is 4.22. The van der Waals surface area contributed by atoms with Gasteiger partial charge in [0.15, 0.2) is 5.78 Å². The van der Waals surface area contributed by atoms with Gasteiger partial charge in [0.05, 0.1) is 11.0 Å². The molecule has 0 spiro atoms. The van der Waals surface area contributed by atoms with Crippen LogP contribution in [0.15, 0.2) is 46.9 Å². The number of furan rings is 1. The molecule has 1 heterocycles. The van der Waals surface area contributed by atoms with E-state index in [0.717, 1.165) is 47.3 Å². The SMILES string of the molecule is CCc1cc(C(CC)(CC)c2cc3cc(C(=O)O)ccc3o2)ccc1OCC(=O)C(C)(C)C. The minimum Gasteiger partial charge on any atom is -0.486 e. The molecule has 3 aromatic rings. The molecule has 0 amide bonds. The third-order valence-corrected chi connectivity index (χ3v) is 6.63. The number of carboxylic acids is 1. The van der Waals surface area contributed by atoms with Crippen molar-refractivity contribution in [3.63, 3.8) is 0 Å². The fraction of sp³-hybridized carbons (Fsp3) is 0.429. The van der Waals surface area contributed by atoms with Crippen LogP contribution in [0.3, 0.4) is 0 Å². The van der Waals surface area contributed by atoms with Gasteiger partial charge >= 0.3 is 5.97 Å². The summed E-state index contributed by atoms with van der Waals surface area (Å²) < 4.78 is 12.2. The van der Waals surface area contributed by atoms with E-state index in [1.165, 1.54) is 0 Å². The highest BCUT2D eigenvalue weighted by Gasteiger charge is 2.35. The van der Waals surface area contributed by atoms with Gasteiger partial charge in [-0.1, -0.05) is 53.7 Å². The number of ether oxygens (including phenoxy) is 1. The average molecular weight is 451 g/mol. The van der Waals surface area contributed by atoms with Gasteiger partial charge in [-0.2, -0.15) is 0 Å². The van der Waals surface area contributed by atoms with Crippen molar-refractivity contribution in [2.45, 2.75) is 66.2 Å². The van der Waals surface area contributed by atoms with E-state index in [0.29, 0.717) is 5.58 Å². The standard InChI is InChI=1S/C28H34O5/c1-7-18-15-21(11-13-22(18)32-17-24(29)27(4,5)6)28(8-2,9-3)25-16-20-14-19(26(30)31)10-12-23(20)33-25/h10-16H,7-9,17H2,1-6H3,(H,30,31). The number of carbonyl (C=O) groups is 2. The van der Waals surface area contributed by atoms with E-state index < -0.39 is 11.4 Å². The average Bonchev–Trinajstić information content (AvgIpc) is 3.21. The van der Waals surface area contributed by atoms with Gasteiger partial charge in [0.1, 0.15) is 23.7 Å². The second kappa shape index (κ2) is 9.42. The molecule has 0 unspecified atom stereocenters. The zero-order valence-electron chi connectivity index (χ0n) is 20.5. The van der Waals surface area contributed by atoms with E-state index in [1.807, 2.05) is 32.9 Å². The second-order valence-electron chi connectivity index (χ2n) is 9.60. The number of carbonyl (C=O) groups excluding carboxylic acids is 1. The summed E-state index contributed by atoms with van der Waals surface area (Å²) in [7, 11) is 0. The quantitative estimate of drug-likeness (QED) is 0.388. The van der Waals surface area contributed by atoms with Crippen LogP contribution in [0.2, 0.25) is 0 Å². The molecule has 0 aliphatic heterocycles. The Morgan fingerprint density at radius 3 is 2.24 bits per heavy atom. The van der Waals surface area contributed by atoms with Gasteiger partial charge < -0.3 is 14.3 Å². The summed E-state index contributed by atoms with van der Waals surface area (Å²) in [6.45, 7) is 12.1. The minimum absolute atomic E-state index is 0.0536. The number of hydrogen-bond donors (Lipinski definition) is 1. The van der Waals surface area contributed by atoms with Crippen LogP contribution in [0.25, 0.3) is 11.0 Å². The molecule has 0 saturated heterocycles. The number of fused-ring (bicyclic) bond motifs is 1. The Labute approximate surface area is 195 Å². The molecule has 0 atom stereocenters. The van der Waals surface area contributed by atoms with Crippen LogP contribution in [0.5, 0.6) is 5.75 Å². The zero-order chi connectivity index (χ0) is 24.4. The Hall–Kier alpha value is -3.08. The number of hydrogen-bond acceptors (Lipinski definition) is 4. The van der Waals surface area contributed by atoms with E-state index in [1.54, 1.807) is 18.2 Å². The summed E-state index contributed by atoms with van der Waals surface area (Å²) in [6, 6.07) is 13.1. The van der Waals surface area contributed by atoms with Gasteiger partial charge in [-0.25, -0.2) is 4.79 Å². The summed E-state index contributed by atoms with van der Waals surface area (Å²) in [5.41, 5.74) is 2.30. The Bertz CT molecular complexity index is 1160. The Balaban J connectivity index is 2.01. The molecule has 5 nitrogen and oxygen atoms in total. The van der Waals surface area contributed by atoms with Crippen molar-refractivity contribution >= 4 is 22.7 Å². The normalized spacial score (nSPS) is 12.2. The van der Waals surface area contributed by atoms with Crippen LogP contribution >= 0.6 is 0 Å². The Kier molecular flexibility index (Phi) is 7.01. The lowest BCUT2D eigenvalue weighted by molar-refractivity contribution is -0.128. The van der Waals surface area contributed by atoms with E-state index >= 15 is 0 Å². The Morgan fingerprint density at radius 2 is 1.67 bits per heavy atom. The highest BCUT2D eigenvalue weighted by atomic mass is 16.5. The number of ketones is 1. The molecular weight excluding hydrogens is 416 g/mol. The molecule has 176 valence electrons. The van der Waals surface area contributed by atoms with Crippen LogP contribution in [-0.4, -0.2) is 23.5 Å². The highest BCUT2D eigenvalue weighted by molar-refractivity contribution is 5.93. The zero-order valence-corrected chi connectivity index (χ0v) is 20.5. The minimum atomic E-state index is -0.954. The molecule has 2 aromatic carbocycles. The maximum absolute atomic E-state index is 12.3. The first-order valence-electron chi connectivity index (χ1n) is 11.6. The summed E-state index contributed by atoms with van der Waals surface area (Å²) in [4.78, 5) is 23.7. The van der Waals surface area contributed by atoms with E-state index in [4.69, 9.17) is 9.15 Å². The topological polar surface area (TPSA) is 76.7 Å². The molecule has 0 bridgehead atoms. The van der Waals surface area contributed by atoms with E-state index in [2.05, 4.69) is 32.9 Å². The van der Waals surface area contributed by atoms with Gasteiger partial charge in [-0.3, -0.25) is 4.79 Å². The molecule has 1 aromatic heterocycles. The van der Waals surface area contributed by atoms with Crippen LogP contribution in [0.4, 0.5) is 0 Å². The van der Waals surface area contributed by atoms with E-state index in [-0.39, 0.29) is 23.4 Å². The molecule has 0 saturated carbocycles. The number of aryl methyl sites for hydroxylation is 1. The van der Waals surface area contributed by atoms with Crippen molar-refractivity contribution in [1.82, 2.24) is 0 Å². The predicted molar refractivity (Wildman–Crippen MR) is 130 cm³/mol. The fourth-order valence-electron chi connectivity index (χ4n) is 4.22. The third kappa shape index (κ3) is 4.82. The van der Waals surface area contributed by atoms with Crippen LogP contribution in [0, 0.1) is 5.41 Å². The number of benzene rings is 2. The lowest BCUT2D eigenvalue weighted by atomic mass is 9.73. The van der Waals surface area contributed by atoms with E-state index in [9.17, 15) is 14.7 Å². The van der Waals surface area contributed by atoms with Gasteiger partial charge in [0.2, 0.25) is 0 Å². The number of carboxylic acid groups (broad SMARTS) is 1. The first kappa shape index (κ1) is 24.6. The molecule has 0 radical (unpaired) electrons. The molecule has 0 fully saturated rings. The summed E-state index contributed by atoms with van der Waals surface area (Å²) in [5.74, 6) is 0.664. The first-order valence-corrected chi connectivity index (χ1v) is 11.6. The summed E-state index contributed by atoms with van der Waals surface area (Å²) in [5, 5.41) is 10.1. The number of rotatable bonds is 9. The number of Topliss-reactive ketones (excluding diaryl/α,β-unsaturated/α-hetero) is 1.